The van der Waals surface area contributed by atoms with Crippen LogP contribution in [0.1, 0.15) is 33.1 Å². The molecule has 0 fully saturated rings. The Morgan fingerprint density at radius 3 is 2.59 bits per heavy atom. The van der Waals surface area contributed by atoms with Gasteiger partial charge < -0.3 is 24.5 Å². The molecule has 0 saturated carbocycles. The largest absolute Gasteiger partial charge is 0.496 e. The third-order valence-corrected chi connectivity index (χ3v) is 6.19. The first-order valence-electron chi connectivity index (χ1n) is 9.98. The van der Waals surface area contributed by atoms with Crippen LogP contribution in [0.3, 0.4) is 0 Å². The molecule has 0 radical (unpaired) electrons. The van der Waals surface area contributed by atoms with Gasteiger partial charge in [-0.15, -0.1) is 0 Å². The van der Waals surface area contributed by atoms with E-state index in [1.54, 1.807) is 37.8 Å². The fourth-order valence-corrected chi connectivity index (χ4v) is 4.58. The van der Waals surface area contributed by atoms with Crippen molar-refractivity contribution in [2.24, 2.45) is 0 Å². The molecule has 1 aliphatic rings. The molecule has 0 spiro atoms. The van der Waals surface area contributed by atoms with Gasteiger partial charge in [0.2, 0.25) is 0 Å². The van der Waals surface area contributed by atoms with Crippen molar-refractivity contribution in [1.29, 1.82) is 0 Å². The van der Waals surface area contributed by atoms with Crippen LogP contribution in [0.15, 0.2) is 21.5 Å². The molecule has 3 aromatic rings. The number of aromatic amines is 1. The van der Waals surface area contributed by atoms with Crippen LogP contribution >= 0.6 is 23.2 Å². The van der Waals surface area contributed by atoms with Gasteiger partial charge >= 0.3 is 0 Å². The Hall–Kier alpha value is -2.97. The number of hydrogen-bond acceptors (Lipinski definition) is 6. The summed E-state index contributed by atoms with van der Waals surface area (Å²) in [5, 5.41) is 7.78. The highest BCUT2D eigenvalue weighted by Crippen LogP contribution is 2.43. The standard InChI is InChI=1S/C22H22Cl2N4O4/c1-10-7-16(31-4)14(21(29)26-10)9-28-6-5-25-20-15(23)8-13(19(24)18(20)22(28)30)17-11(2)27-32-12(17)3/h7-8,25H,5-6,9H2,1-4H3,(H,26,29). The summed E-state index contributed by atoms with van der Waals surface area (Å²) in [6.45, 7) is 6.17. The van der Waals surface area contributed by atoms with Gasteiger partial charge in [-0.25, -0.2) is 0 Å². The second-order valence-electron chi connectivity index (χ2n) is 7.65. The van der Waals surface area contributed by atoms with E-state index in [2.05, 4.69) is 15.5 Å². The molecule has 32 heavy (non-hydrogen) atoms. The summed E-state index contributed by atoms with van der Waals surface area (Å²) >= 11 is 13.3. The Labute approximate surface area is 194 Å². The Morgan fingerprint density at radius 1 is 1.19 bits per heavy atom. The number of nitrogens with one attached hydrogen (secondary N) is 2. The Balaban J connectivity index is 1.82. The number of halogens is 2. The first-order valence-corrected chi connectivity index (χ1v) is 10.7. The van der Waals surface area contributed by atoms with Gasteiger partial charge in [0.15, 0.2) is 0 Å². The van der Waals surface area contributed by atoms with E-state index in [-0.39, 0.29) is 28.6 Å². The second kappa shape index (κ2) is 8.52. The van der Waals surface area contributed by atoms with E-state index in [0.29, 0.717) is 63.4 Å². The Kier molecular flexibility index (Phi) is 5.92. The van der Waals surface area contributed by atoms with E-state index in [4.69, 9.17) is 32.5 Å². The summed E-state index contributed by atoms with van der Waals surface area (Å²) in [5.74, 6) is 0.653. The lowest BCUT2D eigenvalue weighted by Crippen LogP contribution is -2.34. The summed E-state index contributed by atoms with van der Waals surface area (Å²) in [6.07, 6.45) is 0. The van der Waals surface area contributed by atoms with Gasteiger partial charge in [0.1, 0.15) is 11.5 Å². The number of ether oxygens (including phenoxy) is 1. The van der Waals surface area contributed by atoms with Gasteiger partial charge in [-0.2, -0.15) is 0 Å². The van der Waals surface area contributed by atoms with Crippen molar-refractivity contribution in [2.45, 2.75) is 27.3 Å². The van der Waals surface area contributed by atoms with Crippen molar-refractivity contribution >= 4 is 34.8 Å². The fourth-order valence-electron chi connectivity index (χ4n) is 3.98. The van der Waals surface area contributed by atoms with Gasteiger partial charge in [-0.1, -0.05) is 28.4 Å². The number of aromatic nitrogens is 2. The minimum atomic E-state index is -0.340. The SMILES string of the molecule is COc1cc(C)[nH]c(=O)c1CN1CCNc2c(Cl)cc(-c3c(C)noc3C)c(Cl)c2C1=O. The van der Waals surface area contributed by atoms with Gasteiger partial charge in [-0.05, 0) is 32.9 Å². The number of rotatable bonds is 4. The van der Waals surface area contributed by atoms with Crippen molar-refractivity contribution in [1.82, 2.24) is 15.0 Å². The summed E-state index contributed by atoms with van der Waals surface area (Å²) in [5.41, 5.74) is 3.33. The summed E-state index contributed by atoms with van der Waals surface area (Å²) < 4.78 is 10.7. The third kappa shape index (κ3) is 3.73. The number of anilines is 1. The van der Waals surface area contributed by atoms with Crippen molar-refractivity contribution in [3.05, 3.63) is 60.8 Å². The fraction of sp³-hybridized carbons (Fsp3) is 0.318. The Bertz CT molecular complexity index is 1260. The van der Waals surface area contributed by atoms with E-state index in [1.165, 1.54) is 7.11 Å². The van der Waals surface area contributed by atoms with Crippen LogP contribution in [-0.4, -0.2) is 41.1 Å². The molecule has 0 bridgehead atoms. The van der Waals surface area contributed by atoms with Gasteiger partial charge in [0, 0.05) is 29.9 Å². The molecule has 0 atom stereocenters. The van der Waals surface area contributed by atoms with Crippen molar-refractivity contribution < 1.29 is 14.1 Å². The number of nitrogens with zero attached hydrogens (tertiary/aromatic N) is 2. The van der Waals surface area contributed by atoms with Crippen LogP contribution in [0.25, 0.3) is 11.1 Å². The summed E-state index contributed by atoms with van der Waals surface area (Å²) in [7, 11) is 1.49. The van der Waals surface area contributed by atoms with Gasteiger partial charge in [0.05, 0.1) is 46.2 Å². The predicted octanol–water partition coefficient (Wildman–Crippen LogP) is 4.34. The maximum absolute atomic E-state index is 13.6. The molecule has 1 aliphatic heterocycles. The van der Waals surface area contributed by atoms with Crippen molar-refractivity contribution in [2.75, 3.05) is 25.5 Å². The maximum atomic E-state index is 13.6. The zero-order chi connectivity index (χ0) is 23.2. The highest BCUT2D eigenvalue weighted by molar-refractivity contribution is 6.41. The lowest BCUT2D eigenvalue weighted by molar-refractivity contribution is 0.0754. The number of H-pyrrole nitrogens is 1. The Morgan fingerprint density at radius 2 is 1.94 bits per heavy atom. The molecular formula is C22H22Cl2N4O4. The van der Waals surface area contributed by atoms with Crippen LogP contribution < -0.4 is 15.6 Å². The topological polar surface area (TPSA) is 100 Å². The molecule has 4 rings (SSSR count). The highest BCUT2D eigenvalue weighted by Gasteiger charge is 2.31. The van der Waals surface area contributed by atoms with E-state index in [1.807, 2.05) is 0 Å². The van der Waals surface area contributed by atoms with E-state index in [9.17, 15) is 9.59 Å². The predicted molar refractivity (Wildman–Crippen MR) is 123 cm³/mol. The molecule has 1 aromatic carbocycles. The molecule has 10 heteroatoms. The number of pyridine rings is 1. The smallest absolute Gasteiger partial charge is 0.257 e. The number of fused-ring (bicyclic) bond motifs is 1. The number of amides is 1. The zero-order valence-electron chi connectivity index (χ0n) is 18.1. The number of benzene rings is 1. The van der Waals surface area contributed by atoms with Gasteiger partial charge in [0.25, 0.3) is 11.5 Å². The molecule has 2 N–H and O–H groups in total. The average molecular weight is 477 g/mol. The number of methoxy groups -OCH3 is 1. The van der Waals surface area contributed by atoms with Crippen LogP contribution in [0.2, 0.25) is 10.0 Å². The van der Waals surface area contributed by atoms with E-state index in [0.717, 1.165) is 0 Å². The molecule has 3 heterocycles. The lowest BCUT2D eigenvalue weighted by atomic mass is 9.99. The molecule has 168 valence electrons. The maximum Gasteiger partial charge on any atom is 0.257 e. The lowest BCUT2D eigenvalue weighted by Gasteiger charge is -2.22. The minimum absolute atomic E-state index is 0.0578. The number of carbonyl (C=O) groups excluding carboxylic acids is 1. The van der Waals surface area contributed by atoms with Gasteiger partial charge in [-0.3, -0.25) is 9.59 Å². The van der Waals surface area contributed by atoms with E-state index < -0.39 is 0 Å². The zero-order valence-corrected chi connectivity index (χ0v) is 19.6. The average Bonchev–Trinajstić information content (AvgIpc) is 2.97. The van der Waals surface area contributed by atoms with Crippen LogP contribution in [0.4, 0.5) is 5.69 Å². The second-order valence-corrected chi connectivity index (χ2v) is 8.44. The summed E-state index contributed by atoms with van der Waals surface area (Å²) in [4.78, 5) is 30.5. The highest BCUT2D eigenvalue weighted by atomic mass is 35.5. The minimum Gasteiger partial charge on any atom is -0.496 e. The third-order valence-electron chi connectivity index (χ3n) is 5.50. The first kappa shape index (κ1) is 22.2. The number of aryl methyl sites for hydroxylation is 3. The van der Waals surface area contributed by atoms with Crippen molar-refractivity contribution in [3.8, 4) is 16.9 Å². The molecule has 0 aliphatic carbocycles. The van der Waals surface area contributed by atoms with Crippen LogP contribution in [0, 0.1) is 20.8 Å². The monoisotopic (exact) mass is 476 g/mol. The molecule has 2 aromatic heterocycles. The van der Waals surface area contributed by atoms with Crippen molar-refractivity contribution in [3.63, 3.8) is 0 Å². The molecule has 0 unspecified atom stereocenters. The summed E-state index contributed by atoms with van der Waals surface area (Å²) in [6, 6.07) is 3.43. The molecular weight excluding hydrogens is 455 g/mol. The van der Waals surface area contributed by atoms with E-state index >= 15 is 0 Å². The molecule has 8 nitrogen and oxygen atoms in total. The molecule has 0 saturated heterocycles. The van der Waals surface area contributed by atoms with Crippen LogP contribution in [0.5, 0.6) is 5.75 Å². The number of hydrogen-bond donors (Lipinski definition) is 2. The number of carbonyl (C=O) groups is 1. The molecule has 1 amide bonds. The normalized spacial score (nSPS) is 13.6. The first-order chi connectivity index (χ1) is 15.2. The quantitative estimate of drug-likeness (QED) is 0.580. The van der Waals surface area contributed by atoms with Crippen LogP contribution in [-0.2, 0) is 6.54 Å².